The van der Waals surface area contributed by atoms with Crippen molar-refractivity contribution in [2.45, 2.75) is 38.3 Å². The lowest BCUT2D eigenvalue weighted by atomic mass is 10.1. The zero-order chi connectivity index (χ0) is 10.4. The van der Waals surface area contributed by atoms with Gasteiger partial charge in [-0.25, -0.2) is 0 Å². The molecular formula is C13H16ClN. The first-order valence-electron chi connectivity index (χ1n) is 5.79. The third-order valence-corrected chi connectivity index (χ3v) is 4.09. The van der Waals surface area contributed by atoms with Gasteiger partial charge in [-0.1, -0.05) is 30.7 Å². The predicted molar refractivity (Wildman–Crippen MR) is 63.2 cm³/mol. The fourth-order valence-electron chi connectivity index (χ4n) is 2.60. The highest BCUT2D eigenvalue weighted by atomic mass is 35.5. The van der Waals surface area contributed by atoms with E-state index in [0.29, 0.717) is 6.04 Å². The Labute approximate surface area is 95.8 Å². The van der Waals surface area contributed by atoms with E-state index in [4.69, 9.17) is 11.6 Å². The maximum absolute atomic E-state index is 6.19. The monoisotopic (exact) mass is 221 g/mol. The quantitative estimate of drug-likeness (QED) is 0.808. The molecule has 1 saturated carbocycles. The number of hydrogen-bond donors (Lipinski definition) is 1. The molecule has 2 aliphatic carbocycles. The lowest BCUT2D eigenvalue weighted by Crippen LogP contribution is -2.22. The SMILES string of the molecule is CC1CC1NC1CCc2c(Cl)cccc21. The van der Waals surface area contributed by atoms with E-state index in [-0.39, 0.29) is 0 Å². The average molecular weight is 222 g/mol. The van der Waals surface area contributed by atoms with Crippen LogP contribution >= 0.6 is 11.6 Å². The van der Waals surface area contributed by atoms with Crippen molar-refractivity contribution in [1.29, 1.82) is 0 Å². The number of benzene rings is 1. The molecule has 0 heterocycles. The minimum Gasteiger partial charge on any atom is -0.307 e. The van der Waals surface area contributed by atoms with Gasteiger partial charge in [-0.3, -0.25) is 0 Å². The van der Waals surface area contributed by atoms with E-state index in [1.54, 1.807) is 0 Å². The Morgan fingerprint density at radius 1 is 1.40 bits per heavy atom. The number of nitrogens with one attached hydrogen (secondary N) is 1. The van der Waals surface area contributed by atoms with E-state index in [9.17, 15) is 0 Å². The Balaban J connectivity index is 1.82. The minimum absolute atomic E-state index is 0.550. The van der Waals surface area contributed by atoms with Crippen molar-refractivity contribution < 1.29 is 0 Å². The van der Waals surface area contributed by atoms with Crippen LogP contribution in [0.3, 0.4) is 0 Å². The van der Waals surface area contributed by atoms with E-state index in [1.165, 1.54) is 24.0 Å². The highest BCUT2D eigenvalue weighted by Crippen LogP contribution is 2.39. The summed E-state index contributed by atoms with van der Waals surface area (Å²) in [7, 11) is 0. The molecule has 3 unspecified atom stereocenters. The molecule has 80 valence electrons. The van der Waals surface area contributed by atoms with Gasteiger partial charge in [-0.15, -0.1) is 0 Å². The summed E-state index contributed by atoms with van der Waals surface area (Å²) in [6.45, 7) is 2.31. The van der Waals surface area contributed by atoms with Gasteiger partial charge in [0.05, 0.1) is 0 Å². The van der Waals surface area contributed by atoms with E-state index >= 15 is 0 Å². The maximum atomic E-state index is 6.19. The fraction of sp³-hybridized carbons (Fsp3) is 0.538. The highest BCUT2D eigenvalue weighted by molar-refractivity contribution is 6.31. The van der Waals surface area contributed by atoms with Crippen LogP contribution in [0, 0.1) is 5.92 Å². The molecule has 2 heteroatoms. The summed E-state index contributed by atoms with van der Waals surface area (Å²) < 4.78 is 0. The largest absolute Gasteiger partial charge is 0.307 e. The molecule has 3 rings (SSSR count). The molecule has 0 aliphatic heterocycles. The van der Waals surface area contributed by atoms with Gasteiger partial charge in [0.2, 0.25) is 0 Å². The molecule has 0 amide bonds. The average Bonchev–Trinajstić information content (AvgIpc) is 2.75. The molecule has 0 saturated heterocycles. The third-order valence-electron chi connectivity index (χ3n) is 3.74. The normalized spacial score (nSPS) is 32.8. The molecule has 2 aliphatic rings. The van der Waals surface area contributed by atoms with Gasteiger partial charge in [-0.2, -0.15) is 0 Å². The summed E-state index contributed by atoms with van der Waals surface area (Å²) in [5, 5.41) is 4.67. The van der Waals surface area contributed by atoms with Crippen molar-refractivity contribution in [3.8, 4) is 0 Å². The minimum atomic E-state index is 0.550. The van der Waals surface area contributed by atoms with Crippen molar-refractivity contribution in [2.75, 3.05) is 0 Å². The first-order valence-corrected chi connectivity index (χ1v) is 6.17. The summed E-state index contributed by atoms with van der Waals surface area (Å²) in [5.74, 6) is 0.869. The highest BCUT2D eigenvalue weighted by Gasteiger charge is 2.36. The number of hydrogen-bond acceptors (Lipinski definition) is 1. The lowest BCUT2D eigenvalue weighted by Gasteiger charge is -2.13. The van der Waals surface area contributed by atoms with Gasteiger partial charge < -0.3 is 5.32 Å². The van der Waals surface area contributed by atoms with E-state index < -0.39 is 0 Å². The molecular weight excluding hydrogens is 206 g/mol. The number of rotatable bonds is 2. The Hall–Kier alpha value is -0.530. The van der Waals surface area contributed by atoms with Crippen LogP contribution in [-0.4, -0.2) is 6.04 Å². The molecule has 1 N–H and O–H groups in total. The van der Waals surface area contributed by atoms with Crippen LogP contribution in [0.2, 0.25) is 5.02 Å². The second-order valence-corrected chi connectivity index (χ2v) is 5.29. The molecule has 0 spiro atoms. The molecule has 0 aromatic heterocycles. The summed E-state index contributed by atoms with van der Waals surface area (Å²) in [6, 6.07) is 7.59. The van der Waals surface area contributed by atoms with Crippen LogP contribution in [0.15, 0.2) is 18.2 Å². The summed E-state index contributed by atoms with van der Waals surface area (Å²) in [4.78, 5) is 0. The van der Waals surface area contributed by atoms with Crippen molar-refractivity contribution >= 4 is 11.6 Å². The molecule has 0 bridgehead atoms. The van der Waals surface area contributed by atoms with Gasteiger partial charge in [0.15, 0.2) is 0 Å². The van der Waals surface area contributed by atoms with E-state index in [2.05, 4.69) is 24.4 Å². The standard InChI is InChI=1S/C13H16ClN/c1-8-7-13(8)15-12-6-5-9-10(12)3-2-4-11(9)14/h2-4,8,12-13,15H,5-7H2,1H3. The van der Waals surface area contributed by atoms with Gasteiger partial charge >= 0.3 is 0 Å². The number of fused-ring (bicyclic) bond motifs is 1. The van der Waals surface area contributed by atoms with Gasteiger partial charge in [0, 0.05) is 17.1 Å². The molecule has 1 fully saturated rings. The Morgan fingerprint density at radius 3 is 2.93 bits per heavy atom. The Kier molecular flexibility index (Phi) is 2.26. The Morgan fingerprint density at radius 2 is 2.20 bits per heavy atom. The van der Waals surface area contributed by atoms with Crippen LogP contribution in [-0.2, 0) is 6.42 Å². The van der Waals surface area contributed by atoms with Gasteiger partial charge in [-0.05, 0) is 42.4 Å². The smallest absolute Gasteiger partial charge is 0.0441 e. The fourth-order valence-corrected chi connectivity index (χ4v) is 2.87. The molecule has 1 aromatic rings. The van der Waals surface area contributed by atoms with Crippen LogP contribution in [0.5, 0.6) is 0 Å². The van der Waals surface area contributed by atoms with Crippen LogP contribution in [0.25, 0.3) is 0 Å². The van der Waals surface area contributed by atoms with E-state index in [1.807, 2.05) is 6.07 Å². The molecule has 1 nitrogen and oxygen atoms in total. The first kappa shape index (κ1) is 9.68. The first-order chi connectivity index (χ1) is 7.25. The number of halogens is 1. The second kappa shape index (κ2) is 3.50. The van der Waals surface area contributed by atoms with Crippen LogP contribution in [0.1, 0.15) is 36.9 Å². The topological polar surface area (TPSA) is 12.0 Å². The molecule has 0 radical (unpaired) electrons. The van der Waals surface area contributed by atoms with E-state index in [0.717, 1.165) is 23.4 Å². The summed E-state index contributed by atoms with van der Waals surface area (Å²) in [5.41, 5.74) is 2.80. The van der Waals surface area contributed by atoms with Crippen molar-refractivity contribution in [3.05, 3.63) is 34.3 Å². The van der Waals surface area contributed by atoms with Crippen LogP contribution in [0.4, 0.5) is 0 Å². The second-order valence-electron chi connectivity index (χ2n) is 4.89. The van der Waals surface area contributed by atoms with Crippen molar-refractivity contribution in [1.82, 2.24) is 5.32 Å². The molecule has 15 heavy (non-hydrogen) atoms. The summed E-state index contributed by atoms with van der Waals surface area (Å²) in [6.07, 6.45) is 3.68. The Bertz CT molecular complexity index is 388. The zero-order valence-electron chi connectivity index (χ0n) is 8.96. The van der Waals surface area contributed by atoms with Crippen molar-refractivity contribution in [2.24, 2.45) is 5.92 Å². The molecule has 3 atom stereocenters. The van der Waals surface area contributed by atoms with Gasteiger partial charge in [0.1, 0.15) is 0 Å². The maximum Gasteiger partial charge on any atom is 0.0441 e. The zero-order valence-corrected chi connectivity index (χ0v) is 9.72. The third kappa shape index (κ3) is 1.68. The van der Waals surface area contributed by atoms with Crippen molar-refractivity contribution in [3.63, 3.8) is 0 Å². The van der Waals surface area contributed by atoms with Crippen LogP contribution < -0.4 is 5.32 Å². The summed E-state index contributed by atoms with van der Waals surface area (Å²) >= 11 is 6.19. The lowest BCUT2D eigenvalue weighted by molar-refractivity contribution is 0.513. The van der Waals surface area contributed by atoms with Gasteiger partial charge in [0.25, 0.3) is 0 Å². The predicted octanol–water partition coefficient (Wildman–Crippen LogP) is 3.33. The molecule has 1 aromatic carbocycles.